The summed E-state index contributed by atoms with van der Waals surface area (Å²) in [5.41, 5.74) is -4.62. The molecule has 0 aromatic rings. The molecule has 5 atom stereocenters. The van der Waals surface area contributed by atoms with Crippen molar-refractivity contribution in [3.8, 4) is 0 Å². The van der Waals surface area contributed by atoms with Crippen molar-refractivity contribution >= 4 is 0 Å². The van der Waals surface area contributed by atoms with Crippen LogP contribution in [0.1, 0.15) is 39.5 Å². The van der Waals surface area contributed by atoms with Crippen molar-refractivity contribution in [2.24, 2.45) is 0 Å². The van der Waals surface area contributed by atoms with E-state index >= 15 is 0 Å². The first-order chi connectivity index (χ1) is 12.3. The molecule has 0 aliphatic carbocycles. The standard InChI is InChI=1S/C16H24F9NO/c1-10(27-11(2)15(21,22)12(18)9-17)14(20,16(23,24)25)13(19)26-7-5-3-4-6-8-26/h10-13H,3-9H2,1-2H3. The van der Waals surface area contributed by atoms with Crippen molar-refractivity contribution in [1.29, 1.82) is 0 Å². The van der Waals surface area contributed by atoms with Gasteiger partial charge in [0.2, 0.25) is 0 Å². The molecule has 1 rings (SSSR count). The van der Waals surface area contributed by atoms with Gasteiger partial charge in [0.1, 0.15) is 18.9 Å². The van der Waals surface area contributed by atoms with E-state index in [9.17, 15) is 39.5 Å². The maximum Gasteiger partial charge on any atom is 0.429 e. The Morgan fingerprint density at radius 2 is 1.33 bits per heavy atom. The van der Waals surface area contributed by atoms with E-state index < -0.39 is 49.1 Å². The van der Waals surface area contributed by atoms with Gasteiger partial charge >= 0.3 is 12.1 Å². The highest BCUT2D eigenvalue weighted by molar-refractivity contribution is 5.00. The number of hydrogen-bond donors (Lipinski definition) is 0. The highest BCUT2D eigenvalue weighted by Gasteiger charge is 2.67. The number of ether oxygens (including phenoxy) is 1. The van der Waals surface area contributed by atoms with Gasteiger partial charge in [-0.25, -0.2) is 26.3 Å². The first-order valence-electron chi connectivity index (χ1n) is 8.67. The second-order valence-electron chi connectivity index (χ2n) is 6.77. The van der Waals surface area contributed by atoms with Gasteiger partial charge in [0.05, 0.1) is 0 Å². The predicted octanol–water partition coefficient (Wildman–Crippen LogP) is 5.17. The van der Waals surface area contributed by atoms with Gasteiger partial charge in [-0.1, -0.05) is 12.8 Å². The topological polar surface area (TPSA) is 12.5 Å². The van der Waals surface area contributed by atoms with E-state index in [2.05, 4.69) is 4.74 Å². The normalized spacial score (nSPS) is 24.6. The molecule has 1 fully saturated rings. The van der Waals surface area contributed by atoms with Crippen LogP contribution in [0.3, 0.4) is 0 Å². The monoisotopic (exact) mass is 417 g/mol. The lowest BCUT2D eigenvalue weighted by Gasteiger charge is -2.41. The summed E-state index contributed by atoms with van der Waals surface area (Å²) in [5, 5.41) is 0. The largest absolute Gasteiger partial charge is 0.429 e. The summed E-state index contributed by atoms with van der Waals surface area (Å²) < 4.78 is 127. The summed E-state index contributed by atoms with van der Waals surface area (Å²) >= 11 is 0. The number of nitrogens with zero attached hydrogens (tertiary/aromatic N) is 1. The lowest BCUT2D eigenvalue weighted by Crippen LogP contribution is -2.63. The van der Waals surface area contributed by atoms with E-state index in [4.69, 9.17) is 0 Å². The number of hydrogen-bond acceptors (Lipinski definition) is 2. The zero-order valence-corrected chi connectivity index (χ0v) is 15.0. The molecule has 0 aromatic carbocycles. The van der Waals surface area contributed by atoms with Crippen molar-refractivity contribution in [2.75, 3.05) is 19.8 Å². The van der Waals surface area contributed by atoms with Gasteiger partial charge in [-0.15, -0.1) is 0 Å². The van der Waals surface area contributed by atoms with Crippen LogP contribution in [0.4, 0.5) is 39.5 Å². The van der Waals surface area contributed by atoms with Gasteiger partial charge in [-0.05, 0) is 26.7 Å². The van der Waals surface area contributed by atoms with Crippen LogP contribution in [-0.2, 0) is 4.74 Å². The van der Waals surface area contributed by atoms with Crippen LogP contribution < -0.4 is 0 Å². The molecular weight excluding hydrogens is 393 g/mol. The highest BCUT2D eigenvalue weighted by atomic mass is 19.4. The summed E-state index contributed by atoms with van der Waals surface area (Å²) in [6.07, 6.45) is -15.6. The molecule has 0 radical (unpaired) electrons. The number of likely N-dealkylation sites (tertiary alicyclic amines) is 1. The summed E-state index contributed by atoms with van der Waals surface area (Å²) in [7, 11) is 0. The lowest BCUT2D eigenvalue weighted by molar-refractivity contribution is -0.313. The third-order valence-corrected chi connectivity index (χ3v) is 4.84. The molecule has 11 heteroatoms. The molecule has 0 saturated carbocycles. The fraction of sp³-hybridized carbons (Fsp3) is 1.00. The third kappa shape index (κ3) is 5.21. The molecule has 2 nitrogen and oxygen atoms in total. The molecule has 0 amide bonds. The van der Waals surface area contributed by atoms with E-state index in [-0.39, 0.29) is 13.1 Å². The molecule has 0 bridgehead atoms. The molecule has 1 saturated heterocycles. The Morgan fingerprint density at radius 1 is 0.852 bits per heavy atom. The third-order valence-electron chi connectivity index (χ3n) is 4.84. The summed E-state index contributed by atoms with van der Waals surface area (Å²) in [4.78, 5) is 0.669. The fourth-order valence-corrected chi connectivity index (χ4v) is 3.00. The SMILES string of the molecule is CC(OC(C)C(F)(C(F)N1CCCCCC1)C(F)(F)F)C(F)(F)C(F)CF. The van der Waals surface area contributed by atoms with E-state index in [1.54, 1.807) is 0 Å². The van der Waals surface area contributed by atoms with Crippen LogP contribution >= 0.6 is 0 Å². The molecule has 5 unspecified atom stereocenters. The minimum Gasteiger partial charge on any atom is -0.365 e. The number of rotatable bonds is 8. The smallest absolute Gasteiger partial charge is 0.365 e. The van der Waals surface area contributed by atoms with Crippen LogP contribution in [-0.4, -0.2) is 67.1 Å². The van der Waals surface area contributed by atoms with Crippen molar-refractivity contribution in [3.63, 3.8) is 0 Å². The van der Waals surface area contributed by atoms with Crippen LogP contribution in [0, 0.1) is 0 Å². The van der Waals surface area contributed by atoms with Gasteiger partial charge in [-0.2, -0.15) is 13.2 Å². The van der Waals surface area contributed by atoms with Gasteiger partial charge < -0.3 is 4.74 Å². The van der Waals surface area contributed by atoms with E-state index in [1.807, 2.05) is 0 Å². The predicted molar refractivity (Wildman–Crippen MR) is 80.7 cm³/mol. The minimum atomic E-state index is -5.78. The van der Waals surface area contributed by atoms with Crippen LogP contribution in [0.15, 0.2) is 0 Å². The molecule has 0 N–H and O–H groups in total. The van der Waals surface area contributed by atoms with Crippen molar-refractivity contribution in [1.82, 2.24) is 4.90 Å². The maximum atomic E-state index is 15.0. The average molecular weight is 417 g/mol. The molecule has 162 valence electrons. The zero-order valence-electron chi connectivity index (χ0n) is 15.0. The van der Waals surface area contributed by atoms with Gasteiger partial charge in [0.25, 0.3) is 5.67 Å². The first-order valence-corrected chi connectivity index (χ1v) is 8.67. The van der Waals surface area contributed by atoms with Gasteiger partial charge in [-0.3, -0.25) is 4.90 Å². The van der Waals surface area contributed by atoms with E-state index in [0.29, 0.717) is 44.4 Å². The Kier molecular flexibility index (Phi) is 8.28. The Bertz CT molecular complexity index is 454. The van der Waals surface area contributed by atoms with Gasteiger partial charge in [0.15, 0.2) is 12.5 Å². The Morgan fingerprint density at radius 3 is 1.74 bits per heavy atom. The van der Waals surface area contributed by atoms with Gasteiger partial charge in [0, 0.05) is 13.1 Å². The molecule has 1 heterocycles. The second-order valence-corrected chi connectivity index (χ2v) is 6.77. The van der Waals surface area contributed by atoms with Crippen molar-refractivity contribution in [3.05, 3.63) is 0 Å². The molecule has 0 spiro atoms. The zero-order chi connectivity index (χ0) is 21.0. The average Bonchev–Trinajstić information content (AvgIpc) is 2.87. The summed E-state index contributed by atoms with van der Waals surface area (Å²) in [6, 6.07) is 0. The maximum absolute atomic E-state index is 15.0. The fourth-order valence-electron chi connectivity index (χ4n) is 3.00. The quantitative estimate of drug-likeness (QED) is 0.399. The Balaban J connectivity index is 3.07. The number of halogens is 9. The Labute approximate surface area is 152 Å². The van der Waals surface area contributed by atoms with Crippen LogP contribution in [0.5, 0.6) is 0 Å². The molecule has 0 aromatic heterocycles. The minimum absolute atomic E-state index is 0.129. The van der Waals surface area contributed by atoms with Crippen molar-refractivity contribution in [2.45, 2.75) is 82.0 Å². The number of alkyl halides is 9. The summed E-state index contributed by atoms with van der Waals surface area (Å²) in [6.45, 7) is -1.43. The molecule has 27 heavy (non-hydrogen) atoms. The lowest BCUT2D eigenvalue weighted by atomic mass is 9.95. The molecule has 1 aliphatic rings. The van der Waals surface area contributed by atoms with E-state index in [0.717, 1.165) is 0 Å². The van der Waals surface area contributed by atoms with E-state index in [1.165, 1.54) is 0 Å². The first kappa shape index (κ1) is 24.3. The van der Waals surface area contributed by atoms with Crippen LogP contribution in [0.25, 0.3) is 0 Å². The van der Waals surface area contributed by atoms with Crippen LogP contribution in [0.2, 0.25) is 0 Å². The van der Waals surface area contributed by atoms with Crippen molar-refractivity contribution < 1.29 is 44.3 Å². The molecular formula is C16H24F9NO. The molecule has 1 aliphatic heterocycles. The highest BCUT2D eigenvalue weighted by Crippen LogP contribution is 2.44. The Hall–Kier alpha value is -0.710. The second kappa shape index (κ2) is 9.19. The summed E-state index contributed by atoms with van der Waals surface area (Å²) in [5.74, 6) is -4.51.